The van der Waals surface area contributed by atoms with Crippen LogP contribution in [0.25, 0.3) is 5.65 Å². The third-order valence-electron chi connectivity index (χ3n) is 2.86. The predicted octanol–water partition coefficient (Wildman–Crippen LogP) is 2.55. The maximum atomic E-state index is 11.7. The van der Waals surface area contributed by atoms with Gasteiger partial charge in [-0.1, -0.05) is 0 Å². The van der Waals surface area contributed by atoms with Crippen LogP contribution in [0.4, 0.5) is 0 Å². The van der Waals surface area contributed by atoms with Gasteiger partial charge in [-0.2, -0.15) is 5.10 Å². The van der Waals surface area contributed by atoms with Crippen molar-refractivity contribution in [2.24, 2.45) is 0 Å². The molecule has 1 aliphatic rings. The van der Waals surface area contributed by atoms with Crippen molar-refractivity contribution in [3.8, 4) is 0 Å². The minimum atomic E-state index is -0.344. The summed E-state index contributed by atoms with van der Waals surface area (Å²) in [5, 5.41) is 4.41. The quantitative estimate of drug-likeness (QED) is 0.818. The first-order chi connectivity index (χ1) is 8.69. The Kier molecular flexibility index (Phi) is 2.81. The Balaban J connectivity index is 2.05. The second-order valence-electron chi connectivity index (χ2n) is 4.31. The molecule has 0 radical (unpaired) electrons. The topological polar surface area (TPSA) is 56.5 Å². The van der Waals surface area contributed by atoms with E-state index in [1.54, 1.807) is 23.7 Å². The lowest BCUT2D eigenvalue weighted by Gasteiger charge is -2.02. The summed E-state index contributed by atoms with van der Waals surface area (Å²) in [6.07, 6.45) is 3.97. The third kappa shape index (κ3) is 2.01. The number of ether oxygens (including phenoxy) is 1. The first-order valence-corrected chi connectivity index (χ1v) is 6.71. The van der Waals surface area contributed by atoms with Crippen LogP contribution in [0.5, 0.6) is 0 Å². The van der Waals surface area contributed by atoms with Gasteiger partial charge in [-0.25, -0.2) is 14.3 Å². The first-order valence-electron chi connectivity index (χ1n) is 5.92. The van der Waals surface area contributed by atoms with E-state index in [4.69, 9.17) is 4.74 Å². The highest BCUT2D eigenvalue weighted by atomic mass is 79.9. The van der Waals surface area contributed by atoms with Gasteiger partial charge in [0.25, 0.3) is 0 Å². The highest BCUT2D eigenvalue weighted by molar-refractivity contribution is 9.10. The van der Waals surface area contributed by atoms with Crippen molar-refractivity contribution in [1.82, 2.24) is 14.6 Å². The molecule has 0 spiro atoms. The number of fused-ring (bicyclic) bond motifs is 1. The van der Waals surface area contributed by atoms with Crippen LogP contribution >= 0.6 is 15.9 Å². The van der Waals surface area contributed by atoms with E-state index >= 15 is 0 Å². The fraction of sp³-hybridized carbons (Fsp3) is 0.417. The van der Waals surface area contributed by atoms with Crippen molar-refractivity contribution in [1.29, 1.82) is 0 Å². The molecule has 5 nitrogen and oxygen atoms in total. The van der Waals surface area contributed by atoms with Crippen molar-refractivity contribution in [3.63, 3.8) is 0 Å². The maximum absolute atomic E-state index is 11.7. The Hall–Kier alpha value is -1.43. The molecule has 1 saturated carbocycles. The molecular weight excluding hydrogens is 298 g/mol. The van der Waals surface area contributed by atoms with E-state index in [2.05, 4.69) is 26.0 Å². The number of carbonyl (C=O) groups excluding carboxylic acids is 1. The molecule has 0 atom stereocenters. The average molecular weight is 310 g/mol. The van der Waals surface area contributed by atoms with Crippen molar-refractivity contribution >= 4 is 27.5 Å². The Morgan fingerprint density at radius 2 is 2.39 bits per heavy atom. The molecule has 0 N–H and O–H groups in total. The first kappa shape index (κ1) is 11.6. The van der Waals surface area contributed by atoms with E-state index in [1.807, 2.05) is 0 Å². The summed E-state index contributed by atoms with van der Waals surface area (Å²) in [7, 11) is 0. The van der Waals surface area contributed by atoms with Gasteiger partial charge in [0.2, 0.25) is 0 Å². The number of halogens is 1. The van der Waals surface area contributed by atoms with Crippen molar-refractivity contribution in [3.05, 3.63) is 28.1 Å². The highest BCUT2D eigenvalue weighted by Crippen LogP contribution is 2.38. The zero-order valence-corrected chi connectivity index (χ0v) is 11.5. The minimum Gasteiger partial charge on any atom is -0.462 e. The molecule has 6 heteroatoms. The number of carbonyl (C=O) groups is 1. The Morgan fingerprint density at radius 1 is 1.61 bits per heavy atom. The van der Waals surface area contributed by atoms with Crippen LogP contribution in [0, 0.1) is 0 Å². The SMILES string of the molecule is CCOC(=O)c1cc(Br)c2nc(C3CC3)nn2c1. The molecule has 2 aromatic rings. The lowest BCUT2D eigenvalue weighted by molar-refractivity contribution is 0.0525. The fourth-order valence-corrected chi connectivity index (χ4v) is 2.32. The number of nitrogens with zero attached hydrogens (tertiary/aromatic N) is 3. The maximum Gasteiger partial charge on any atom is 0.339 e. The van der Waals surface area contributed by atoms with Crippen LogP contribution in [0.15, 0.2) is 16.7 Å². The van der Waals surface area contributed by atoms with Gasteiger partial charge in [0.1, 0.15) is 0 Å². The lowest BCUT2D eigenvalue weighted by Crippen LogP contribution is -2.06. The van der Waals surface area contributed by atoms with Crippen LogP contribution < -0.4 is 0 Å². The van der Waals surface area contributed by atoms with E-state index < -0.39 is 0 Å². The summed E-state index contributed by atoms with van der Waals surface area (Å²) < 4.78 is 7.38. The van der Waals surface area contributed by atoms with Crippen molar-refractivity contribution < 1.29 is 9.53 Å². The van der Waals surface area contributed by atoms with E-state index in [-0.39, 0.29) is 5.97 Å². The van der Waals surface area contributed by atoms with Crippen LogP contribution in [0.1, 0.15) is 41.9 Å². The molecule has 1 fully saturated rings. The van der Waals surface area contributed by atoms with Crippen LogP contribution in [-0.2, 0) is 4.74 Å². The smallest absolute Gasteiger partial charge is 0.339 e. The average Bonchev–Trinajstić information content (AvgIpc) is 3.09. The molecule has 2 aromatic heterocycles. The van der Waals surface area contributed by atoms with E-state index in [0.717, 1.165) is 28.8 Å². The molecular formula is C12H12BrN3O2. The largest absolute Gasteiger partial charge is 0.462 e. The minimum absolute atomic E-state index is 0.344. The summed E-state index contributed by atoms with van der Waals surface area (Å²) in [4.78, 5) is 16.2. The van der Waals surface area contributed by atoms with Gasteiger partial charge in [0, 0.05) is 12.1 Å². The zero-order chi connectivity index (χ0) is 12.7. The second kappa shape index (κ2) is 4.35. The summed E-state index contributed by atoms with van der Waals surface area (Å²) >= 11 is 3.42. The summed E-state index contributed by atoms with van der Waals surface area (Å²) in [6, 6.07) is 1.72. The monoisotopic (exact) mass is 309 g/mol. The molecule has 0 aromatic carbocycles. The van der Waals surface area contributed by atoms with E-state index in [9.17, 15) is 4.79 Å². The zero-order valence-electron chi connectivity index (χ0n) is 9.89. The number of pyridine rings is 1. The lowest BCUT2D eigenvalue weighted by atomic mass is 10.3. The molecule has 1 aliphatic carbocycles. The molecule has 2 heterocycles. The van der Waals surface area contributed by atoms with Crippen LogP contribution in [0.2, 0.25) is 0 Å². The normalized spacial score (nSPS) is 15.0. The van der Waals surface area contributed by atoms with Gasteiger partial charge in [0.05, 0.1) is 16.6 Å². The van der Waals surface area contributed by atoms with Gasteiger partial charge in [-0.05, 0) is 41.8 Å². The standard InChI is InChI=1S/C12H12BrN3O2/c1-2-18-12(17)8-5-9(13)11-14-10(7-3-4-7)15-16(11)6-8/h5-7H,2-4H2,1H3. The number of esters is 1. The van der Waals surface area contributed by atoms with E-state index in [0.29, 0.717) is 18.1 Å². The van der Waals surface area contributed by atoms with Crippen molar-refractivity contribution in [2.75, 3.05) is 6.61 Å². The molecule has 3 rings (SSSR count). The van der Waals surface area contributed by atoms with Crippen LogP contribution in [-0.4, -0.2) is 27.2 Å². The summed E-state index contributed by atoms with van der Waals surface area (Å²) in [5.41, 5.74) is 1.22. The number of aromatic nitrogens is 3. The fourth-order valence-electron chi connectivity index (χ4n) is 1.80. The number of hydrogen-bond acceptors (Lipinski definition) is 4. The van der Waals surface area contributed by atoms with Gasteiger partial charge in [0.15, 0.2) is 11.5 Å². The van der Waals surface area contributed by atoms with Crippen molar-refractivity contribution in [2.45, 2.75) is 25.7 Å². The van der Waals surface area contributed by atoms with Crippen LogP contribution in [0.3, 0.4) is 0 Å². The van der Waals surface area contributed by atoms with Gasteiger partial charge in [-0.15, -0.1) is 0 Å². The van der Waals surface area contributed by atoms with Gasteiger partial charge in [-0.3, -0.25) is 0 Å². The Bertz CT molecular complexity index is 619. The predicted molar refractivity (Wildman–Crippen MR) is 68.6 cm³/mol. The van der Waals surface area contributed by atoms with Gasteiger partial charge < -0.3 is 4.74 Å². The molecule has 94 valence electrons. The Morgan fingerprint density at radius 3 is 3.06 bits per heavy atom. The second-order valence-corrected chi connectivity index (χ2v) is 5.16. The molecule has 0 amide bonds. The third-order valence-corrected chi connectivity index (χ3v) is 3.44. The summed E-state index contributed by atoms with van der Waals surface area (Å²) in [6.45, 7) is 2.14. The molecule has 0 aliphatic heterocycles. The molecule has 0 unspecified atom stereocenters. The Labute approximate surface area is 112 Å². The molecule has 0 bridgehead atoms. The number of rotatable bonds is 3. The van der Waals surface area contributed by atoms with Gasteiger partial charge >= 0.3 is 5.97 Å². The molecule has 0 saturated heterocycles. The summed E-state index contributed by atoms with van der Waals surface area (Å²) in [5.74, 6) is 1.00. The molecule has 18 heavy (non-hydrogen) atoms. The van der Waals surface area contributed by atoms with E-state index in [1.165, 1.54) is 0 Å². The highest BCUT2D eigenvalue weighted by Gasteiger charge is 2.28. The number of hydrogen-bond donors (Lipinski definition) is 0.